The summed E-state index contributed by atoms with van der Waals surface area (Å²) in [6, 6.07) is 0.464. The van der Waals surface area contributed by atoms with Crippen LogP contribution in [0.2, 0.25) is 0 Å². The molecule has 1 atom stereocenters. The van der Waals surface area contributed by atoms with Crippen molar-refractivity contribution in [1.29, 1.82) is 0 Å². The lowest BCUT2D eigenvalue weighted by Gasteiger charge is -2.31. The van der Waals surface area contributed by atoms with Gasteiger partial charge in [0.15, 0.2) is 0 Å². The molecule has 0 aromatic carbocycles. The molecule has 0 saturated heterocycles. The van der Waals surface area contributed by atoms with Crippen LogP contribution >= 0.6 is 0 Å². The Morgan fingerprint density at radius 2 is 2.07 bits per heavy atom. The van der Waals surface area contributed by atoms with Gasteiger partial charge in [-0.2, -0.15) is 0 Å². The first-order valence-corrected chi connectivity index (χ1v) is 4.95. The quantitative estimate of drug-likeness (QED) is 0.370. The average molecular weight is 200 g/mol. The van der Waals surface area contributed by atoms with Crippen LogP contribution in [0.25, 0.3) is 0 Å². The molecule has 0 aromatic rings. The van der Waals surface area contributed by atoms with E-state index in [2.05, 4.69) is 34.6 Å². The molecule has 0 heterocycles. The summed E-state index contributed by atoms with van der Waals surface area (Å²) in [5.41, 5.74) is 0. The van der Waals surface area contributed by atoms with Crippen LogP contribution in [-0.4, -0.2) is 44.2 Å². The maximum Gasteiger partial charge on any atom is 0.306 e. The molecular weight excluding hydrogens is 178 g/mol. The molecular formula is C11H22NO2+. The molecule has 0 radical (unpaired) electrons. The Labute approximate surface area is 86.9 Å². The molecule has 0 aliphatic carbocycles. The Hall–Kier alpha value is -0.830. The third-order valence-electron chi connectivity index (χ3n) is 2.45. The van der Waals surface area contributed by atoms with Crippen LogP contribution in [0.4, 0.5) is 0 Å². The second kappa shape index (κ2) is 5.81. The van der Waals surface area contributed by atoms with Gasteiger partial charge in [0.05, 0.1) is 33.6 Å². The van der Waals surface area contributed by atoms with Crippen molar-refractivity contribution in [3.63, 3.8) is 0 Å². The number of hydrogen-bond acceptors (Lipinski definition) is 2. The molecule has 0 bridgehead atoms. The summed E-state index contributed by atoms with van der Waals surface area (Å²) in [7, 11) is 6.37. The van der Waals surface area contributed by atoms with Crippen LogP contribution in [0.3, 0.4) is 0 Å². The van der Waals surface area contributed by atoms with Crippen LogP contribution in [0, 0.1) is 0 Å². The predicted octanol–water partition coefficient (Wildman–Crippen LogP) is 1.59. The molecule has 3 nitrogen and oxygen atoms in total. The van der Waals surface area contributed by atoms with Gasteiger partial charge in [0.25, 0.3) is 0 Å². The Kier molecular flexibility index (Phi) is 5.46. The summed E-state index contributed by atoms with van der Waals surface area (Å²) in [6.07, 6.45) is 2.94. The summed E-state index contributed by atoms with van der Waals surface area (Å²) in [6.45, 7) is 5.94. The number of hydrogen-bond donors (Lipinski definition) is 0. The van der Waals surface area contributed by atoms with Crippen LogP contribution < -0.4 is 0 Å². The average Bonchev–Trinajstić information content (AvgIpc) is 2.09. The van der Waals surface area contributed by atoms with E-state index in [1.165, 1.54) is 0 Å². The van der Waals surface area contributed by atoms with Gasteiger partial charge >= 0.3 is 5.97 Å². The minimum Gasteiger partial charge on any atom is -0.461 e. The number of esters is 1. The lowest BCUT2D eigenvalue weighted by Crippen LogP contribution is -2.43. The van der Waals surface area contributed by atoms with Crippen molar-refractivity contribution >= 4 is 5.97 Å². The predicted molar refractivity (Wildman–Crippen MR) is 57.9 cm³/mol. The first-order valence-electron chi connectivity index (χ1n) is 4.95. The van der Waals surface area contributed by atoms with Crippen molar-refractivity contribution in [2.75, 3.05) is 27.7 Å². The van der Waals surface area contributed by atoms with Crippen molar-refractivity contribution in [3.05, 3.63) is 12.7 Å². The third kappa shape index (κ3) is 5.75. The van der Waals surface area contributed by atoms with Gasteiger partial charge in [0, 0.05) is 6.42 Å². The highest BCUT2D eigenvalue weighted by molar-refractivity contribution is 5.69. The molecule has 0 N–H and O–H groups in total. The summed E-state index contributed by atoms with van der Waals surface area (Å²) >= 11 is 0. The number of carbonyl (C=O) groups is 1. The molecule has 0 rings (SSSR count). The highest BCUT2D eigenvalue weighted by Gasteiger charge is 2.19. The topological polar surface area (TPSA) is 26.3 Å². The third-order valence-corrected chi connectivity index (χ3v) is 2.45. The van der Waals surface area contributed by atoms with Gasteiger partial charge in [-0.25, -0.2) is 0 Å². The normalized spacial score (nSPS) is 13.4. The van der Waals surface area contributed by atoms with Crippen molar-refractivity contribution in [3.8, 4) is 0 Å². The largest absolute Gasteiger partial charge is 0.461 e. The van der Waals surface area contributed by atoms with Crippen molar-refractivity contribution in [1.82, 2.24) is 0 Å². The van der Waals surface area contributed by atoms with E-state index in [-0.39, 0.29) is 5.97 Å². The molecule has 0 amide bonds. The number of nitrogens with zero attached hydrogens (tertiary/aromatic N) is 1. The number of carbonyl (C=O) groups excluding carboxylic acids is 1. The van der Waals surface area contributed by atoms with Gasteiger partial charge in [-0.05, 0) is 6.92 Å². The van der Waals surface area contributed by atoms with E-state index in [1.807, 2.05) is 0 Å². The Bertz CT molecular complexity index is 194. The van der Waals surface area contributed by atoms with Crippen LogP contribution in [0.5, 0.6) is 0 Å². The first-order chi connectivity index (χ1) is 6.38. The minimum atomic E-state index is -0.134. The molecule has 1 unspecified atom stereocenters. The maximum atomic E-state index is 11.2. The Morgan fingerprint density at radius 3 is 2.50 bits per heavy atom. The van der Waals surface area contributed by atoms with E-state index < -0.39 is 0 Å². The molecule has 0 aliphatic heterocycles. The fourth-order valence-corrected chi connectivity index (χ4v) is 0.938. The molecule has 0 saturated carbocycles. The molecule has 0 aromatic heterocycles. The second-order valence-electron chi connectivity index (χ2n) is 4.48. The van der Waals surface area contributed by atoms with Gasteiger partial charge in [0.2, 0.25) is 0 Å². The van der Waals surface area contributed by atoms with E-state index in [4.69, 9.17) is 4.74 Å². The highest BCUT2D eigenvalue weighted by Crippen LogP contribution is 2.09. The van der Waals surface area contributed by atoms with Crippen LogP contribution in [0.15, 0.2) is 12.7 Å². The Morgan fingerprint density at radius 1 is 1.50 bits per heavy atom. The second-order valence-corrected chi connectivity index (χ2v) is 4.48. The van der Waals surface area contributed by atoms with Crippen LogP contribution in [0.1, 0.15) is 19.8 Å². The van der Waals surface area contributed by atoms with E-state index in [0.29, 0.717) is 19.1 Å². The molecule has 0 fully saturated rings. The lowest BCUT2D eigenvalue weighted by molar-refractivity contribution is -0.894. The standard InChI is InChI=1S/C11H22NO2/c1-6-9-14-11(13)8-7-10(2)12(3,4)5/h6,10H,1,7-9H2,2-5H3/q+1. The van der Waals surface area contributed by atoms with Crippen LogP contribution in [-0.2, 0) is 9.53 Å². The highest BCUT2D eigenvalue weighted by atomic mass is 16.5. The van der Waals surface area contributed by atoms with Gasteiger partial charge in [-0.15, -0.1) is 0 Å². The SMILES string of the molecule is C=CCOC(=O)CCC(C)[N+](C)(C)C. The van der Waals surface area contributed by atoms with E-state index in [1.54, 1.807) is 6.08 Å². The van der Waals surface area contributed by atoms with E-state index in [9.17, 15) is 4.79 Å². The maximum absolute atomic E-state index is 11.2. The fourth-order valence-electron chi connectivity index (χ4n) is 0.938. The zero-order valence-electron chi connectivity index (χ0n) is 9.75. The van der Waals surface area contributed by atoms with Crippen molar-refractivity contribution < 1.29 is 14.0 Å². The van der Waals surface area contributed by atoms with Gasteiger partial charge in [-0.3, -0.25) is 4.79 Å². The number of rotatable bonds is 6. The smallest absolute Gasteiger partial charge is 0.306 e. The molecule has 0 aliphatic rings. The first kappa shape index (κ1) is 13.2. The van der Waals surface area contributed by atoms with Gasteiger partial charge in [-0.1, -0.05) is 12.7 Å². The van der Waals surface area contributed by atoms with E-state index in [0.717, 1.165) is 10.9 Å². The van der Waals surface area contributed by atoms with Crippen molar-refractivity contribution in [2.45, 2.75) is 25.8 Å². The molecule has 0 spiro atoms. The molecule has 14 heavy (non-hydrogen) atoms. The zero-order chi connectivity index (χ0) is 11.2. The van der Waals surface area contributed by atoms with Gasteiger partial charge in [0.1, 0.15) is 6.61 Å². The number of ether oxygens (including phenoxy) is 1. The minimum absolute atomic E-state index is 0.134. The van der Waals surface area contributed by atoms with Crippen molar-refractivity contribution in [2.24, 2.45) is 0 Å². The fraction of sp³-hybridized carbons (Fsp3) is 0.727. The molecule has 3 heteroatoms. The number of quaternary nitrogens is 1. The monoisotopic (exact) mass is 200 g/mol. The van der Waals surface area contributed by atoms with E-state index >= 15 is 0 Å². The lowest BCUT2D eigenvalue weighted by atomic mass is 10.1. The zero-order valence-corrected chi connectivity index (χ0v) is 9.75. The summed E-state index contributed by atoms with van der Waals surface area (Å²) < 4.78 is 5.76. The van der Waals surface area contributed by atoms with Gasteiger partial charge < -0.3 is 9.22 Å². The summed E-state index contributed by atoms with van der Waals surface area (Å²) in [5.74, 6) is -0.134. The Balaban J connectivity index is 3.72. The summed E-state index contributed by atoms with van der Waals surface area (Å²) in [4.78, 5) is 11.2. The molecule has 82 valence electrons. The summed E-state index contributed by atoms with van der Waals surface area (Å²) in [5, 5.41) is 0.